The Balaban J connectivity index is 2.17. The minimum Gasteiger partial charge on any atom is -0.369 e. The van der Waals surface area contributed by atoms with Gasteiger partial charge in [-0.25, -0.2) is 9.97 Å². The topological polar surface area (TPSA) is 68.9 Å². The third kappa shape index (κ3) is 3.08. The summed E-state index contributed by atoms with van der Waals surface area (Å²) in [6.45, 7) is 0. The molecule has 1 aliphatic rings. The number of aromatic nitrogens is 2. The molecule has 0 spiro atoms. The van der Waals surface area contributed by atoms with E-state index in [0.717, 1.165) is 31.7 Å². The van der Waals surface area contributed by atoms with Crippen molar-refractivity contribution in [3.05, 3.63) is 23.8 Å². The van der Waals surface area contributed by atoms with Crippen molar-refractivity contribution in [3.8, 4) is 0 Å². The number of alkyl halides is 3. The van der Waals surface area contributed by atoms with E-state index < -0.39 is 23.3 Å². The standard InChI is InChI=1S/C13H16F3N3O/c14-13(15,16)11-18-7-9(8-19-11)6-12(10(17)20)4-2-1-3-5-12/h7-8H,1-6H2,(H2,17,20). The van der Waals surface area contributed by atoms with Crippen molar-refractivity contribution < 1.29 is 18.0 Å². The van der Waals surface area contributed by atoms with Crippen LogP contribution in [-0.4, -0.2) is 15.9 Å². The second-order valence-corrected chi connectivity index (χ2v) is 5.29. The molecule has 110 valence electrons. The van der Waals surface area contributed by atoms with Crippen LogP contribution in [0.4, 0.5) is 13.2 Å². The molecule has 7 heteroatoms. The maximum atomic E-state index is 12.4. The molecule has 0 aliphatic heterocycles. The highest BCUT2D eigenvalue weighted by atomic mass is 19.4. The number of rotatable bonds is 3. The number of primary amides is 1. The van der Waals surface area contributed by atoms with Crippen molar-refractivity contribution in [1.29, 1.82) is 0 Å². The van der Waals surface area contributed by atoms with Gasteiger partial charge >= 0.3 is 6.18 Å². The first-order valence-corrected chi connectivity index (χ1v) is 6.51. The SMILES string of the molecule is NC(=O)C1(Cc2cnc(C(F)(F)F)nc2)CCCCC1. The van der Waals surface area contributed by atoms with Crippen molar-refractivity contribution in [1.82, 2.24) is 9.97 Å². The van der Waals surface area contributed by atoms with Gasteiger partial charge in [-0.2, -0.15) is 13.2 Å². The van der Waals surface area contributed by atoms with Gasteiger partial charge < -0.3 is 5.73 Å². The van der Waals surface area contributed by atoms with Crippen LogP contribution in [0.2, 0.25) is 0 Å². The molecule has 0 unspecified atom stereocenters. The lowest BCUT2D eigenvalue weighted by Gasteiger charge is -2.34. The Labute approximate surface area is 114 Å². The lowest BCUT2D eigenvalue weighted by molar-refractivity contribution is -0.145. The van der Waals surface area contributed by atoms with Gasteiger partial charge in [-0.05, 0) is 24.8 Å². The summed E-state index contributed by atoms with van der Waals surface area (Å²) < 4.78 is 37.1. The smallest absolute Gasteiger partial charge is 0.369 e. The van der Waals surface area contributed by atoms with Gasteiger partial charge in [-0.3, -0.25) is 4.79 Å². The summed E-state index contributed by atoms with van der Waals surface area (Å²) in [4.78, 5) is 18.3. The average Bonchev–Trinajstić information content (AvgIpc) is 2.39. The molecule has 1 aliphatic carbocycles. The van der Waals surface area contributed by atoms with E-state index in [0.29, 0.717) is 24.8 Å². The lowest BCUT2D eigenvalue weighted by Crippen LogP contribution is -2.40. The van der Waals surface area contributed by atoms with Gasteiger partial charge in [-0.1, -0.05) is 19.3 Å². The molecule has 0 bridgehead atoms. The Kier molecular flexibility index (Phi) is 3.96. The summed E-state index contributed by atoms with van der Waals surface area (Å²) in [5.74, 6) is -1.56. The molecule has 4 nitrogen and oxygen atoms in total. The third-order valence-electron chi connectivity index (χ3n) is 3.83. The molecule has 0 atom stereocenters. The third-order valence-corrected chi connectivity index (χ3v) is 3.83. The predicted molar refractivity (Wildman–Crippen MR) is 65.5 cm³/mol. The van der Waals surface area contributed by atoms with E-state index >= 15 is 0 Å². The summed E-state index contributed by atoms with van der Waals surface area (Å²) in [5, 5.41) is 0. The van der Waals surface area contributed by atoms with Crippen LogP contribution in [0.25, 0.3) is 0 Å². The van der Waals surface area contributed by atoms with Crippen LogP contribution in [0.3, 0.4) is 0 Å². The average molecular weight is 287 g/mol. The molecular formula is C13H16F3N3O. The van der Waals surface area contributed by atoms with E-state index in [-0.39, 0.29) is 0 Å². The van der Waals surface area contributed by atoms with Crippen molar-refractivity contribution in [3.63, 3.8) is 0 Å². The number of hydrogen-bond donors (Lipinski definition) is 1. The number of carbonyl (C=O) groups is 1. The summed E-state index contributed by atoms with van der Waals surface area (Å²) in [7, 11) is 0. The number of carbonyl (C=O) groups excluding carboxylic acids is 1. The Morgan fingerprint density at radius 3 is 2.20 bits per heavy atom. The molecule has 2 rings (SSSR count). The van der Waals surface area contributed by atoms with Gasteiger partial charge in [0.05, 0.1) is 5.41 Å². The first-order valence-electron chi connectivity index (χ1n) is 6.51. The summed E-state index contributed by atoms with van der Waals surface area (Å²) in [5.41, 5.74) is 5.34. The monoisotopic (exact) mass is 287 g/mol. The second-order valence-electron chi connectivity index (χ2n) is 5.29. The minimum absolute atomic E-state index is 0.306. The van der Waals surface area contributed by atoms with Gasteiger partial charge in [0.15, 0.2) is 0 Å². The van der Waals surface area contributed by atoms with Crippen LogP contribution in [0.5, 0.6) is 0 Å². The van der Waals surface area contributed by atoms with Gasteiger partial charge in [0.25, 0.3) is 0 Å². The van der Waals surface area contributed by atoms with E-state index in [2.05, 4.69) is 9.97 Å². The van der Waals surface area contributed by atoms with Crippen LogP contribution >= 0.6 is 0 Å². The molecule has 0 radical (unpaired) electrons. The molecule has 1 heterocycles. The van der Waals surface area contributed by atoms with E-state index in [1.54, 1.807) is 0 Å². The molecule has 2 N–H and O–H groups in total. The highest BCUT2D eigenvalue weighted by Crippen LogP contribution is 2.39. The van der Waals surface area contributed by atoms with Crippen molar-refractivity contribution in [2.75, 3.05) is 0 Å². The van der Waals surface area contributed by atoms with Crippen molar-refractivity contribution in [2.45, 2.75) is 44.7 Å². The Bertz CT molecular complexity index is 479. The maximum Gasteiger partial charge on any atom is 0.451 e. The summed E-state index contributed by atoms with van der Waals surface area (Å²) in [6, 6.07) is 0. The molecular weight excluding hydrogens is 271 g/mol. The Morgan fingerprint density at radius 2 is 1.75 bits per heavy atom. The zero-order valence-electron chi connectivity index (χ0n) is 10.9. The molecule has 1 aromatic heterocycles. The molecule has 20 heavy (non-hydrogen) atoms. The fourth-order valence-electron chi connectivity index (χ4n) is 2.72. The van der Waals surface area contributed by atoms with Crippen LogP contribution in [0.1, 0.15) is 43.5 Å². The van der Waals surface area contributed by atoms with Gasteiger partial charge in [-0.15, -0.1) is 0 Å². The summed E-state index contributed by atoms with van der Waals surface area (Å²) in [6.07, 6.45) is 2.23. The number of hydrogen-bond acceptors (Lipinski definition) is 3. The van der Waals surface area contributed by atoms with Gasteiger partial charge in [0.2, 0.25) is 11.7 Å². The molecule has 1 aromatic rings. The molecule has 0 aromatic carbocycles. The molecule has 1 saturated carbocycles. The highest BCUT2D eigenvalue weighted by molar-refractivity contribution is 5.81. The van der Waals surface area contributed by atoms with Crippen LogP contribution in [0.15, 0.2) is 12.4 Å². The number of halogens is 3. The van der Waals surface area contributed by atoms with E-state index in [1.807, 2.05) is 0 Å². The molecule has 0 saturated heterocycles. The Hall–Kier alpha value is -1.66. The fourth-order valence-corrected chi connectivity index (χ4v) is 2.72. The van der Waals surface area contributed by atoms with Gasteiger partial charge in [0.1, 0.15) is 0 Å². The largest absolute Gasteiger partial charge is 0.451 e. The lowest BCUT2D eigenvalue weighted by atomic mass is 9.70. The van der Waals surface area contributed by atoms with Crippen LogP contribution in [-0.2, 0) is 17.4 Å². The van der Waals surface area contributed by atoms with Crippen molar-refractivity contribution >= 4 is 5.91 Å². The number of nitrogens with zero attached hydrogens (tertiary/aromatic N) is 2. The zero-order chi connectivity index (χ0) is 14.8. The normalized spacial score (nSPS) is 18.8. The minimum atomic E-state index is -4.55. The fraction of sp³-hybridized carbons (Fsp3) is 0.615. The first kappa shape index (κ1) is 14.7. The van der Waals surface area contributed by atoms with Crippen LogP contribution < -0.4 is 5.73 Å². The Morgan fingerprint density at radius 1 is 1.20 bits per heavy atom. The number of amides is 1. The molecule has 1 amide bonds. The van der Waals surface area contributed by atoms with E-state index in [4.69, 9.17) is 5.73 Å². The van der Waals surface area contributed by atoms with E-state index in [1.165, 1.54) is 0 Å². The highest BCUT2D eigenvalue weighted by Gasteiger charge is 2.39. The quantitative estimate of drug-likeness (QED) is 0.928. The zero-order valence-corrected chi connectivity index (χ0v) is 10.9. The van der Waals surface area contributed by atoms with Crippen molar-refractivity contribution in [2.24, 2.45) is 11.1 Å². The molecule has 1 fully saturated rings. The predicted octanol–water partition coefficient (Wildman–Crippen LogP) is 2.47. The van der Waals surface area contributed by atoms with Gasteiger partial charge in [0, 0.05) is 12.4 Å². The van der Waals surface area contributed by atoms with E-state index in [9.17, 15) is 18.0 Å². The summed E-state index contributed by atoms with van der Waals surface area (Å²) >= 11 is 0. The first-order chi connectivity index (χ1) is 9.33. The maximum absolute atomic E-state index is 12.4. The van der Waals surface area contributed by atoms with Crippen LogP contribution in [0, 0.1) is 5.41 Å². The number of nitrogens with two attached hydrogens (primary N) is 1. The second kappa shape index (κ2) is 5.38.